The van der Waals surface area contributed by atoms with Gasteiger partial charge in [-0.1, -0.05) is 18.2 Å². The molecule has 1 aromatic carbocycles. The molecule has 0 bridgehead atoms. The van der Waals surface area contributed by atoms with Crippen molar-refractivity contribution in [2.45, 2.75) is 43.1 Å². The van der Waals surface area contributed by atoms with E-state index in [0.29, 0.717) is 12.1 Å². The molecule has 0 saturated heterocycles. The Morgan fingerprint density at radius 3 is 3.00 bits per heavy atom. The molecule has 1 fully saturated rings. The van der Waals surface area contributed by atoms with Crippen molar-refractivity contribution < 1.29 is 4.74 Å². The van der Waals surface area contributed by atoms with Gasteiger partial charge in [0.05, 0.1) is 0 Å². The largest absolute Gasteiger partial charge is 0.488 e. The van der Waals surface area contributed by atoms with Crippen LogP contribution in [0.2, 0.25) is 0 Å². The maximum Gasteiger partial charge on any atom is 0.123 e. The standard InChI is InChI=1S/C15H21NOS/c1-18-14-7-6-12(9-14)16-10-13-8-11-4-2-3-5-15(11)17-13/h2-5,12-14,16H,6-10H2,1H3. The van der Waals surface area contributed by atoms with Crippen LogP contribution in [0.4, 0.5) is 0 Å². The van der Waals surface area contributed by atoms with Gasteiger partial charge in [0.25, 0.3) is 0 Å². The molecular formula is C15H21NOS. The number of benzene rings is 1. The van der Waals surface area contributed by atoms with Crippen LogP contribution in [0.1, 0.15) is 24.8 Å². The third kappa shape index (κ3) is 2.67. The van der Waals surface area contributed by atoms with E-state index < -0.39 is 0 Å². The monoisotopic (exact) mass is 263 g/mol. The highest BCUT2D eigenvalue weighted by Gasteiger charge is 2.26. The van der Waals surface area contributed by atoms with Gasteiger partial charge in [0, 0.05) is 24.3 Å². The number of rotatable bonds is 4. The van der Waals surface area contributed by atoms with Crippen LogP contribution in [0.5, 0.6) is 5.75 Å². The zero-order chi connectivity index (χ0) is 12.4. The molecule has 3 rings (SSSR count). The molecule has 18 heavy (non-hydrogen) atoms. The van der Waals surface area contributed by atoms with Crippen molar-refractivity contribution in [1.82, 2.24) is 5.32 Å². The zero-order valence-electron chi connectivity index (χ0n) is 10.9. The molecular weight excluding hydrogens is 242 g/mol. The fourth-order valence-electron chi connectivity index (χ4n) is 3.01. The van der Waals surface area contributed by atoms with E-state index in [4.69, 9.17) is 4.74 Å². The molecule has 1 saturated carbocycles. The van der Waals surface area contributed by atoms with Crippen molar-refractivity contribution in [1.29, 1.82) is 0 Å². The van der Waals surface area contributed by atoms with Crippen LogP contribution in [-0.4, -0.2) is 30.2 Å². The third-order valence-corrected chi connectivity index (χ3v) is 5.16. The molecule has 1 aromatic rings. The van der Waals surface area contributed by atoms with Gasteiger partial charge >= 0.3 is 0 Å². The summed E-state index contributed by atoms with van der Waals surface area (Å²) in [5.41, 5.74) is 1.36. The highest BCUT2D eigenvalue weighted by atomic mass is 32.2. The van der Waals surface area contributed by atoms with Crippen LogP contribution in [0.15, 0.2) is 24.3 Å². The molecule has 1 heterocycles. The average Bonchev–Trinajstić information content (AvgIpc) is 3.02. The second-order valence-electron chi connectivity index (χ2n) is 5.33. The number of fused-ring (bicyclic) bond motifs is 1. The summed E-state index contributed by atoms with van der Waals surface area (Å²) in [4.78, 5) is 0. The number of para-hydroxylation sites is 1. The Kier molecular flexibility index (Phi) is 3.80. The van der Waals surface area contributed by atoms with E-state index in [1.54, 1.807) is 0 Å². The first-order valence-corrected chi connectivity index (χ1v) is 8.14. The predicted molar refractivity (Wildman–Crippen MR) is 77.5 cm³/mol. The topological polar surface area (TPSA) is 21.3 Å². The van der Waals surface area contributed by atoms with E-state index in [1.165, 1.54) is 24.8 Å². The van der Waals surface area contributed by atoms with Crippen molar-refractivity contribution in [2.24, 2.45) is 0 Å². The lowest BCUT2D eigenvalue weighted by Crippen LogP contribution is -2.36. The molecule has 2 nitrogen and oxygen atoms in total. The first-order valence-electron chi connectivity index (χ1n) is 6.86. The smallest absolute Gasteiger partial charge is 0.123 e. The van der Waals surface area contributed by atoms with Gasteiger partial charge in [-0.25, -0.2) is 0 Å². The van der Waals surface area contributed by atoms with Crippen LogP contribution >= 0.6 is 11.8 Å². The summed E-state index contributed by atoms with van der Waals surface area (Å²) in [6.45, 7) is 0.987. The van der Waals surface area contributed by atoms with E-state index in [2.05, 4.69) is 35.8 Å². The van der Waals surface area contributed by atoms with Gasteiger partial charge in [0.1, 0.15) is 11.9 Å². The maximum absolute atomic E-state index is 5.95. The minimum Gasteiger partial charge on any atom is -0.488 e. The molecule has 98 valence electrons. The summed E-state index contributed by atoms with van der Waals surface area (Å²) in [6.07, 6.45) is 7.62. The van der Waals surface area contributed by atoms with Gasteiger partial charge in [-0.2, -0.15) is 11.8 Å². The average molecular weight is 263 g/mol. The quantitative estimate of drug-likeness (QED) is 0.902. The summed E-state index contributed by atoms with van der Waals surface area (Å²) >= 11 is 2.01. The lowest BCUT2D eigenvalue weighted by molar-refractivity contribution is 0.221. The van der Waals surface area contributed by atoms with E-state index in [0.717, 1.165) is 24.0 Å². The lowest BCUT2D eigenvalue weighted by atomic mass is 10.1. The third-order valence-electron chi connectivity index (χ3n) is 4.07. The molecule has 1 aliphatic heterocycles. The number of thioether (sulfide) groups is 1. The lowest BCUT2D eigenvalue weighted by Gasteiger charge is -2.16. The van der Waals surface area contributed by atoms with E-state index >= 15 is 0 Å². The van der Waals surface area contributed by atoms with Crippen molar-refractivity contribution in [3.63, 3.8) is 0 Å². The molecule has 3 unspecified atom stereocenters. The molecule has 2 aliphatic rings. The number of nitrogens with one attached hydrogen (secondary N) is 1. The highest BCUT2D eigenvalue weighted by Crippen LogP contribution is 2.30. The Bertz CT molecular complexity index is 384. The molecule has 3 atom stereocenters. The molecule has 0 amide bonds. The van der Waals surface area contributed by atoms with Crippen LogP contribution < -0.4 is 10.1 Å². The van der Waals surface area contributed by atoms with E-state index in [9.17, 15) is 0 Å². The first-order chi connectivity index (χ1) is 8.85. The van der Waals surface area contributed by atoms with Crippen LogP contribution in [0.25, 0.3) is 0 Å². The summed E-state index contributed by atoms with van der Waals surface area (Å²) in [5.74, 6) is 1.08. The normalized spacial score (nSPS) is 30.2. The molecule has 1 aliphatic carbocycles. The van der Waals surface area contributed by atoms with Crippen molar-refractivity contribution >= 4 is 11.8 Å². The minimum atomic E-state index is 0.329. The van der Waals surface area contributed by atoms with Gasteiger partial charge in [0.2, 0.25) is 0 Å². The Balaban J connectivity index is 1.46. The van der Waals surface area contributed by atoms with Crippen LogP contribution in [-0.2, 0) is 6.42 Å². The molecule has 0 aromatic heterocycles. The number of ether oxygens (including phenoxy) is 1. The predicted octanol–water partition coefficient (Wildman–Crippen LogP) is 2.86. The van der Waals surface area contributed by atoms with Crippen LogP contribution in [0.3, 0.4) is 0 Å². The van der Waals surface area contributed by atoms with Gasteiger partial charge in [-0.3, -0.25) is 0 Å². The summed E-state index contributed by atoms with van der Waals surface area (Å²) in [5, 5.41) is 4.55. The Labute approximate surface area is 113 Å². The summed E-state index contributed by atoms with van der Waals surface area (Å²) < 4.78 is 5.95. The van der Waals surface area contributed by atoms with E-state index in [-0.39, 0.29) is 0 Å². The number of hydrogen-bond acceptors (Lipinski definition) is 3. The van der Waals surface area contributed by atoms with Crippen LogP contribution in [0, 0.1) is 0 Å². The van der Waals surface area contributed by atoms with Gasteiger partial charge < -0.3 is 10.1 Å². The second-order valence-corrected chi connectivity index (χ2v) is 6.47. The second kappa shape index (κ2) is 5.54. The number of hydrogen-bond donors (Lipinski definition) is 1. The SMILES string of the molecule is CSC1CCC(NCC2Cc3ccccc3O2)C1. The molecule has 0 spiro atoms. The van der Waals surface area contributed by atoms with Crippen molar-refractivity contribution in [3.8, 4) is 5.75 Å². The summed E-state index contributed by atoms with van der Waals surface area (Å²) in [7, 11) is 0. The highest BCUT2D eigenvalue weighted by molar-refractivity contribution is 7.99. The molecule has 1 N–H and O–H groups in total. The fraction of sp³-hybridized carbons (Fsp3) is 0.600. The zero-order valence-corrected chi connectivity index (χ0v) is 11.7. The van der Waals surface area contributed by atoms with Gasteiger partial charge in [-0.15, -0.1) is 0 Å². The maximum atomic E-state index is 5.95. The molecule has 0 radical (unpaired) electrons. The summed E-state index contributed by atoms with van der Waals surface area (Å²) in [6, 6.07) is 9.10. The minimum absolute atomic E-state index is 0.329. The fourth-order valence-corrected chi connectivity index (χ4v) is 3.80. The van der Waals surface area contributed by atoms with Crippen molar-refractivity contribution in [2.75, 3.05) is 12.8 Å². The molecule has 3 heteroatoms. The van der Waals surface area contributed by atoms with Crippen molar-refractivity contribution in [3.05, 3.63) is 29.8 Å². The van der Waals surface area contributed by atoms with E-state index in [1.807, 2.05) is 11.8 Å². The Morgan fingerprint density at radius 2 is 2.22 bits per heavy atom. The van der Waals surface area contributed by atoms with Gasteiger partial charge in [0.15, 0.2) is 0 Å². The Morgan fingerprint density at radius 1 is 1.33 bits per heavy atom. The van der Waals surface area contributed by atoms with Gasteiger partial charge in [-0.05, 0) is 37.1 Å². The Hall–Kier alpha value is -0.670. The first kappa shape index (κ1) is 12.4.